The topological polar surface area (TPSA) is 47.3 Å². The molecule has 0 spiro atoms. The van der Waals surface area contributed by atoms with Crippen LogP contribution in [0.5, 0.6) is 0 Å². The van der Waals surface area contributed by atoms with Gasteiger partial charge in [0.15, 0.2) is 0 Å². The van der Waals surface area contributed by atoms with Gasteiger partial charge in [0.05, 0.1) is 11.6 Å². The average Bonchev–Trinajstić information content (AvgIpc) is 2.38. The highest BCUT2D eigenvalue weighted by atomic mass is 16.3. The number of nitrogens with zero attached hydrogens (tertiary/aromatic N) is 2. The first kappa shape index (κ1) is 13.9. The van der Waals surface area contributed by atoms with Crippen LogP contribution in [0.15, 0.2) is 24.3 Å². The summed E-state index contributed by atoms with van der Waals surface area (Å²) < 4.78 is 0. The molecule has 1 N–H and O–H groups in total. The fourth-order valence-electron chi connectivity index (χ4n) is 3.18. The number of aliphatic hydroxyl groups excluding tert-OH is 1. The Hall–Kier alpha value is -1.53. The van der Waals surface area contributed by atoms with Gasteiger partial charge in [-0.2, -0.15) is 5.26 Å². The molecule has 19 heavy (non-hydrogen) atoms. The Labute approximate surface area is 115 Å². The van der Waals surface area contributed by atoms with Crippen molar-refractivity contribution in [1.29, 1.82) is 5.26 Å². The van der Waals surface area contributed by atoms with E-state index in [0.29, 0.717) is 11.5 Å². The molecule has 1 saturated heterocycles. The maximum atomic E-state index is 9.09. The quantitative estimate of drug-likeness (QED) is 0.906. The molecule has 0 aliphatic carbocycles. The maximum Gasteiger partial charge on any atom is 0.0992 e. The lowest BCUT2D eigenvalue weighted by Gasteiger charge is -2.47. The van der Waals surface area contributed by atoms with Gasteiger partial charge in [0.1, 0.15) is 0 Å². The van der Waals surface area contributed by atoms with E-state index in [1.807, 2.05) is 18.2 Å². The molecule has 3 heteroatoms. The van der Waals surface area contributed by atoms with Crippen molar-refractivity contribution in [3.8, 4) is 6.07 Å². The zero-order chi connectivity index (χ0) is 13.9. The van der Waals surface area contributed by atoms with Crippen LogP contribution in [0.3, 0.4) is 0 Å². The number of benzene rings is 1. The van der Waals surface area contributed by atoms with E-state index < -0.39 is 0 Å². The van der Waals surface area contributed by atoms with Crippen LogP contribution in [-0.2, 0) is 0 Å². The van der Waals surface area contributed by atoms with Crippen molar-refractivity contribution in [1.82, 2.24) is 0 Å². The van der Waals surface area contributed by atoms with Gasteiger partial charge in [-0.3, -0.25) is 0 Å². The third-order valence-corrected chi connectivity index (χ3v) is 4.10. The molecule has 1 aliphatic heterocycles. The third kappa shape index (κ3) is 3.08. The highest BCUT2D eigenvalue weighted by Gasteiger charge is 2.34. The Morgan fingerprint density at radius 2 is 2.26 bits per heavy atom. The van der Waals surface area contributed by atoms with E-state index in [1.54, 1.807) is 0 Å². The Bertz CT molecular complexity index is 476. The summed E-state index contributed by atoms with van der Waals surface area (Å²) in [6, 6.07) is 10.0. The molecular formula is C16H22N2O. The van der Waals surface area contributed by atoms with Gasteiger partial charge in [-0.25, -0.2) is 0 Å². The molecular weight excluding hydrogens is 236 g/mol. The van der Waals surface area contributed by atoms with E-state index in [-0.39, 0.29) is 12.1 Å². The van der Waals surface area contributed by atoms with Crippen LogP contribution in [0.1, 0.15) is 38.7 Å². The van der Waals surface area contributed by atoms with Gasteiger partial charge < -0.3 is 10.0 Å². The predicted molar refractivity (Wildman–Crippen MR) is 77.0 cm³/mol. The Kier molecular flexibility index (Phi) is 4.11. The van der Waals surface area contributed by atoms with Crippen molar-refractivity contribution in [2.75, 3.05) is 18.1 Å². The summed E-state index contributed by atoms with van der Waals surface area (Å²) in [7, 11) is 0. The fraction of sp³-hybridized carbons (Fsp3) is 0.562. The van der Waals surface area contributed by atoms with Crippen molar-refractivity contribution >= 4 is 5.69 Å². The van der Waals surface area contributed by atoms with E-state index in [0.717, 1.165) is 31.5 Å². The zero-order valence-corrected chi connectivity index (χ0v) is 11.8. The van der Waals surface area contributed by atoms with E-state index >= 15 is 0 Å². The number of hydrogen-bond acceptors (Lipinski definition) is 3. The zero-order valence-electron chi connectivity index (χ0n) is 11.8. The van der Waals surface area contributed by atoms with Gasteiger partial charge in [-0.15, -0.1) is 0 Å². The van der Waals surface area contributed by atoms with Crippen LogP contribution < -0.4 is 4.90 Å². The highest BCUT2D eigenvalue weighted by molar-refractivity contribution is 5.53. The molecule has 0 aromatic heterocycles. The van der Waals surface area contributed by atoms with E-state index in [4.69, 9.17) is 10.4 Å². The summed E-state index contributed by atoms with van der Waals surface area (Å²) >= 11 is 0. The van der Waals surface area contributed by atoms with E-state index in [2.05, 4.69) is 30.9 Å². The van der Waals surface area contributed by atoms with Crippen LogP contribution in [-0.4, -0.2) is 23.8 Å². The molecule has 1 aromatic carbocycles. The summed E-state index contributed by atoms with van der Waals surface area (Å²) in [5.41, 5.74) is 1.92. The summed E-state index contributed by atoms with van der Waals surface area (Å²) in [6.45, 7) is 5.77. The first-order valence-electron chi connectivity index (χ1n) is 6.95. The molecule has 1 heterocycles. The monoisotopic (exact) mass is 258 g/mol. The summed E-state index contributed by atoms with van der Waals surface area (Å²) in [6.07, 6.45) is 3.10. The second-order valence-electron chi connectivity index (χ2n) is 6.00. The normalized spacial score (nSPS) is 22.0. The maximum absolute atomic E-state index is 9.09. The first-order chi connectivity index (χ1) is 9.06. The van der Waals surface area contributed by atoms with Crippen molar-refractivity contribution in [2.24, 2.45) is 5.92 Å². The molecule has 1 fully saturated rings. The number of hydrogen-bond donors (Lipinski definition) is 1. The van der Waals surface area contributed by atoms with Crippen LogP contribution in [0.4, 0.5) is 5.69 Å². The lowest BCUT2D eigenvalue weighted by Crippen LogP contribution is -2.50. The minimum Gasteiger partial charge on any atom is -0.396 e. The van der Waals surface area contributed by atoms with Crippen LogP contribution in [0, 0.1) is 17.2 Å². The van der Waals surface area contributed by atoms with Crippen LogP contribution in [0.2, 0.25) is 0 Å². The highest BCUT2D eigenvalue weighted by Crippen LogP contribution is 2.36. The van der Waals surface area contributed by atoms with Gasteiger partial charge in [-0.1, -0.05) is 6.07 Å². The van der Waals surface area contributed by atoms with E-state index in [1.165, 1.54) is 0 Å². The van der Waals surface area contributed by atoms with Crippen LogP contribution in [0.25, 0.3) is 0 Å². The standard InChI is InChI=1S/C16H22N2O/c1-16(2)11-13(7-9-19)6-8-18(16)15-5-3-4-14(10-15)12-17/h3-5,10,13,19H,6-9,11H2,1-2H3. The van der Waals surface area contributed by atoms with Gasteiger partial charge >= 0.3 is 0 Å². The predicted octanol–water partition coefficient (Wildman–Crippen LogP) is 2.94. The third-order valence-electron chi connectivity index (χ3n) is 4.10. The Morgan fingerprint density at radius 1 is 1.47 bits per heavy atom. The van der Waals surface area contributed by atoms with Crippen molar-refractivity contribution in [3.63, 3.8) is 0 Å². The smallest absolute Gasteiger partial charge is 0.0992 e. The van der Waals surface area contributed by atoms with Gasteiger partial charge in [0.25, 0.3) is 0 Å². The van der Waals surface area contributed by atoms with Crippen molar-refractivity contribution < 1.29 is 5.11 Å². The lowest BCUT2D eigenvalue weighted by atomic mass is 9.81. The molecule has 102 valence electrons. The largest absolute Gasteiger partial charge is 0.396 e. The first-order valence-corrected chi connectivity index (χ1v) is 6.95. The number of anilines is 1. The lowest BCUT2D eigenvalue weighted by molar-refractivity contribution is 0.205. The molecule has 1 aromatic rings. The second-order valence-corrected chi connectivity index (χ2v) is 6.00. The summed E-state index contributed by atoms with van der Waals surface area (Å²) in [4.78, 5) is 2.39. The average molecular weight is 258 g/mol. The number of piperidine rings is 1. The number of nitriles is 1. The van der Waals surface area contributed by atoms with E-state index in [9.17, 15) is 0 Å². The van der Waals surface area contributed by atoms with Crippen molar-refractivity contribution in [2.45, 2.75) is 38.6 Å². The molecule has 3 nitrogen and oxygen atoms in total. The van der Waals surface area contributed by atoms with Gasteiger partial charge in [-0.05, 0) is 57.2 Å². The Balaban J connectivity index is 2.19. The minimum absolute atomic E-state index is 0.0756. The molecule has 1 atom stereocenters. The molecule has 0 amide bonds. The summed E-state index contributed by atoms with van der Waals surface area (Å²) in [5, 5.41) is 18.1. The number of rotatable bonds is 3. The van der Waals surface area contributed by atoms with Gasteiger partial charge in [0.2, 0.25) is 0 Å². The molecule has 1 unspecified atom stereocenters. The van der Waals surface area contributed by atoms with Crippen molar-refractivity contribution in [3.05, 3.63) is 29.8 Å². The minimum atomic E-state index is 0.0756. The molecule has 0 bridgehead atoms. The SMILES string of the molecule is CC1(C)CC(CCO)CCN1c1cccc(C#N)c1. The fourth-order valence-corrected chi connectivity index (χ4v) is 3.18. The van der Waals surface area contributed by atoms with Crippen LogP contribution >= 0.6 is 0 Å². The Morgan fingerprint density at radius 3 is 2.89 bits per heavy atom. The molecule has 1 aliphatic rings. The molecule has 0 radical (unpaired) electrons. The number of aliphatic hydroxyl groups is 1. The summed E-state index contributed by atoms with van der Waals surface area (Å²) in [5.74, 6) is 0.607. The van der Waals surface area contributed by atoms with Gasteiger partial charge in [0, 0.05) is 24.4 Å². The molecule has 2 rings (SSSR count). The molecule has 0 saturated carbocycles. The second kappa shape index (κ2) is 5.63.